The fraction of sp³-hybridized carbons (Fsp3) is 0.235. The van der Waals surface area contributed by atoms with Crippen LogP contribution in [0.15, 0.2) is 81.9 Å². The van der Waals surface area contributed by atoms with Crippen molar-refractivity contribution in [2.45, 2.75) is 36.0 Å². The molecule has 16 nitrogen and oxygen atoms in total. The number of carbonyl (C=O) groups excluding carboxylic acids is 3. The lowest BCUT2D eigenvalue weighted by Crippen LogP contribution is -2.71. The van der Waals surface area contributed by atoms with Crippen molar-refractivity contribution in [2.75, 3.05) is 11.5 Å². The van der Waals surface area contributed by atoms with Crippen LogP contribution < -0.4 is 16.2 Å². The zero-order valence-corrected chi connectivity index (χ0v) is 29.1. The number of phenols is 1. The van der Waals surface area contributed by atoms with Gasteiger partial charge in [0.05, 0.1) is 0 Å². The number of aryl methyl sites for hydroxylation is 1. The summed E-state index contributed by atoms with van der Waals surface area (Å²) in [6.07, 6.45) is -0.338. The van der Waals surface area contributed by atoms with E-state index in [0.29, 0.717) is 16.4 Å². The number of aromatic amines is 1. The summed E-state index contributed by atoms with van der Waals surface area (Å²) in [4.78, 5) is 81.1. The van der Waals surface area contributed by atoms with Gasteiger partial charge in [-0.3, -0.25) is 28.9 Å². The minimum absolute atomic E-state index is 0.123. The third-order valence-corrected chi connectivity index (χ3v) is 10.9. The van der Waals surface area contributed by atoms with Gasteiger partial charge < -0.3 is 35.5 Å². The van der Waals surface area contributed by atoms with E-state index in [9.17, 15) is 33.9 Å². The fourth-order valence-electron chi connectivity index (χ4n) is 5.67. The standard InChI is InChI=1S/C34H31N7O9S2/c1-16-3-5-17(6-4-16)22-12-11-21(28(45)35-22)29(46)36-25(18-7-9-20(42)10-8-18)30(47)37-26-31(48)41-27(33(49)50)19(14-51-32(26)41)15-52-34-39-38-23(40(34)2)13-24(43)44/h3-12,25-26,32,42H,13-15H2,1-2H3,(H,35,45)(H,36,46)(H,37,47)(H,43,44)(H,49,50)/t25?,26?,32-/m0/s1/i/hD. The van der Waals surface area contributed by atoms with Crippen LogP contribution in [-0.2, 0) is 32.6 Å². The molecule has 0 radical (unpaired) electrons. The normalized spacial score (nSPS) is 17.4. The van der Waals surface area contributed by atoms with E-state index < -0.39 is 52.7 Å². The van der Waals surface area contributed by atoms with Crippen LogP contribution in [0.5, 0.6) is 5.75 Å². The number of carboxylic acid groups (broad SMARTS) is 2. The Hall–Kier alpha value is -5.88. The molecule has 2 aromatic heterocycles. The number of benzene rings is 2. The highest BCUT2D eigenvalue weighted by Crippen LogP contribution is 2.41. The van der Waals surface area contributed by atoms with Crippen LogP contribution in [0.1, 0.15) is 33.4 Å². The number of hydrogen-bond donors (Lipinski definition) is 6. The average Bonchev–Trinajstić information content (AvgIpc) is 3.48. The van der Waals surface area contributed by atoms with E-state index in [1.54, 1.807) is 13.1 Å². The highest BCUT2D eigenvalue weighted by molar-refractivity contribution is 8.01. The SMILES string of the molecule is [2H]Oc1ccc(C(NC(=O)c2ccc(-c3ccc(C)cc3)[nH]c2=O)C(=O)NC2C(=O)N3C(C(=O)O)=C(CSc4nnc(CC(=O)O)n4C)CS[C@@H]23)cc1. The largest absolute Gasteiger partial charge is 0.508 e. The summed E-state index contributed by atoms with van der Waals surface area (Å²) < 4.78 is 8.63. The highest BCUT2D eigenvalue weighted by atomic mass is 32.2. The van der Waals surface area contributed by atoms with E-state index in [1.807, 2.05) is 31.2 Å². The van der Waals surface area contributed by atoms with E-state index >= 15 is 0 Å². The molecule has 6 N–H and O–H groups in total. The number of hydrogen-bond acceptors (Lipinski definition) is 11. The second-order valence-electron chi connectivity index (χ2n) is 11.9. The molecule has 0 aliphatic carbocycles. The fourth-order valence-corrected chi connectivity index (χ4v) is 8.08. The van der Waals surface area contributed by atoms with Gasteiger partial charge in [-0.1, -0.05) is 53.7 Å². The Balaban J connectivity index is 1.19. The number of fused-ring (bicyclic) bond motifs is 1. The maximum Gasteiger partial charge on any atom is 0.352 e. The topological polar surface area (TPSA) is 237 Å². The predicted octanol–water partition coefficient (Wildman–Crippen LogP) is 1.81. The van der Waals surface area contributed by atoms with Crippen molar-refractivity contribution >= 4 is 53.2 Å². The highest BCUT2D eigenvalue weighted by Gasteiger charge is 2.54. The maximum atomic E-state index is 13.8. The third-order valence-electron chi connectivity index (χ3n) is 8.43. The quantitative estimate of drug-likeness (QED) is 0.0847. The number of nitrogens with one attached hydrogen (secondary N) is 3. The van der Waals surface area contributed by atoms with Gasteiger partial charge in [0.2, 0.25) is 5.91 Å². The number of H-pyrrole nitrogens is 1. The van der Waals surface area contributed by atoms with Crippen molar-refractivity contribution in [2.24, 2.45) is 7.05 Å². The Morgan fingerprint density at radius 2 is 1.79 bits per heavy atom. The molecule has 52 heavy (non-hydrogen) atoms. The lowest BCUT2D eigenvalue weighted by Gasteiger charge is -2.49. The summed E-state index contributed by atoms with van der Waals surface area (Å²) >= 11 is 2.38. The molecule has 1 fully saturated rings. The first-order chi connectivity index (χ1) is 25.4. The van der Waals surface area contributed by atoms with E-state index in [0.717, 1.165) is 27.8 Å². The van der Waals surface area contributed by atoms with Gasteiger partial charge in [-0.15, -0.1) is 22.0 Å². The second-order valence-corrected chi connectivity index (χ2v) is 14.0. The summed E-state index contributed by atoms with van der Waals surface area (Å²) in [6, 6.07) is 13.5. The molecule has 3 atom stereocenters. The Morgan fingerprint density at radius 3 is 2.44 bits per heavy atom. The first-order valence-corrected chi connectivity index (χ1v) is 17.7. The molecule has 2 unspecified atom stereocenters. The van der Waals surface area contributed by atoms with E-state index in [-0.39, 0.29) is 46.3 Å². The number of phenolic OH excluding ortho intramolecular Hbond substituents is 1. The number of nitrogens with zero attached hydrogens (tertiary/aromatic N) is 4. The summed E-state index contributed by atoms with van der Waals surface area (Å²) in [5.41, 5.74) is 1.74. The molecule has 2 aliphatic heterocycles. The zero-order valence-electron chi connectivity index (χ0n) is 28.5. The molecular formula is C34H31N7O9S2. The number of aromatic nitrogens is 4. The first kappa shape index (κ1) is 34.6. The average molecular weight is 747 g/mol. The number of aromatic hydroxyl groups is 1. The van der Waals surface area contributed by atoms with Crippen LogP contribution in [0, 0.1) is 6.92 Å². The second kappa shape index (κ2) is 14.8. The third kappa shape index (κ3) is 7.28. The molecule has 4 heterocycles. The molecule has 0 spiro atoms. The Labute approximate surface area is 304 Å². The van der Waals surface area contributed by atoms with Gasteiger partial charge in [0.25, 0.3) is 18.8 Å². The molecule has 2 aliphatic rings. The van der Waals surface area contributed by atoms with Crippen LogP contribution in [0.3, 0.4) is 0 Å². The Bertz CT molecular complexity index is 2210. The predicted molar refractivity (Wildman–Crippen MR) is 188 cm³/mol. The van der Waals surface area contributed by atoms with E-state index in [4.69, 9.17) is 6.54 Å². The molecule has 6 rings (SSSR count). The van der Waals surface area contributed by atoms with Crippen molar-refractivity contribution in [1.82, 2.24) is 35.3 Å². The number of rotatable bonds is 13. The molecule has 268 valence electrons. The van der Waals surface area contributed by atoms with Gasteiger partial charge in [-0.25, -0.2) is 4.79 Å². The molecule has 2 aromatic carbocycles. The van der Waals surface area contributed by atoms with Gasteiger partial charge in [-0.05, 0) is 47.9 Å². The van der Waals surface area contributed by atoms with Crippen LogP contribution in [0.2, 0.25) is 0 Å². The summed E-state index contributed by atoms with van der Waals surface area (Å²) in [5, 5.41) is 36.4. The molecular weight excluding hydrogens is 715 g/mol. The lowest BCUT2D eigenvalue weighted by molar-refractivity contribution is -0.151. The Morgan fingerprint density at radius 1 is 1.06 bits per heavy atom. The van der Waals surface area contributed by atoms with Crippen LogP contribution >= 0.6 is 23.5 Å². The van der Waals surface area contributed by atoms with Crippen molar-refractivity contribution in [3.63, 3.8) is 0 Å². The summed E-state index contributed by atoms with van der Waals surface area (Å²) in [6.45, 7) is 1.93. The molecule has 0 saturated carbocycles. The van der Waals surface area contributed by atoms with Crippen LogP contribution in [0.25, 0.3) is 11.3 Å². The monoisotopic (exact) mass is 746 g/mol. The molecule has 3 amide bonds. The number of amides is 3. The first-order valence-electron chi connectivity index (χ1n) is 16.0. The van der Waals surface area contributed by atoms with Gasteiger partial charge in [0, 0.05) is 24.2 Å². The summed E-state index contributed by atoms with van der Waals surface area (Å²) in [5.74, 6) is -4.06. The number of carboxylic acids is 2. The van der Waals surface area contributed by atoms with E-state index in [2.05, 4.69) is 30.9 Å². The summed E-state index contributed by atoms with van der Waals surface area (Å²) in [7, 11) is 1.60. The van der Waals surface area contributed by atoms with Gasteiger partial charge >= 0.3 is 11.9 Å². The molecule has 0 bridgehead atoms. The van der Waals surface area contributed by atoms with Crippen molar-refractivity contribution < 1.29 is 39.3 Å². The van der Waals surface area contributed by atoms with E-state index in [1.165, 1.54) is 46.7 Å². The van der Waals surface area contributed by atoms with Gasteiger partial charge in [0.1, 0.15) is 46.7 Å². The minimum atomic E-state index is -1.41. The van der Waals surface area contributed by atoms with Crippen molar-refractivity contribution in [3.8, 4) is 17.0 Å². The number of β-lactam (4-membered cyclic amide) rings is 1. The number of thioether (sulfide) groups is 2. The smallest absolute Gasteiger partial charge is 0.352 e. The molecule has 4 aromatic rings. The molecule has 18 heteroatoms. The maximum absolute atomic E-state index is 13.8. The van der Waals surface area contributed by atoms with Gasteiger partial charge in [-0.2, -0.15) is 0 Å². The minimum Gasteiger partial charge on any atom is -0.508 e. The van der Waals surface area contributed by atoms with Gasteiger partial charge in [0.15, 0.2) is 5.16 Å². The van der Waals surface area contributed by atoms with Crippen LogP contribution in [-0.4, -0.2) is 94.0 Å². The number of pyridine rings is 1. The molecule has 1 saturated heterocycles. The number of aliphatic carboxylic acids is 2. The van der Waals surface area contributed by atoms with Crippen molar-refractivity contribution in [1.29, 1.82) is 1.43 Å². The zero-order chi connectivity index (χ0) is 38.0. The van der Waals surface area contributed by atoms with Crippen LogP contribution in [0.4, 0.5) is 0 Å². The Kier molecular flexibility index (Phi) is 9.82. The van der Waals surface area contributed by atoms with Crippen molar-refractivity contribution in [3.05, 3.63) is 105 Å². The lowest BCUT2D eigenvalue weighted by atomic mass is 10.0. The number of carbonyl (C=O) groups is 5.